The van der Waals surface area contributed by atoms with Crippen LogP contribution >= 0.6 is 0 Å². The van der Waals surface area contributed by atoms with Crippen LogP contribution in [0.5, 0.6) is 0 Å². The van der Waals surface area contributed by atoms with Crippen molar-refractivity contribution >= 4 is 11.7 Å². The van der Waals surface area contributed by atoms with Gasteiger partial charge in [-0.3, -0.25) is 0 Å². The van der Waals surface area contributed by atoms with Gasteiger partial charge in [0.2, 0.25) is 0 Å². The molecule has 0 aromatic rings. The van der Waals surface area contributed by atoms with Crippen LogP contribution in [0.3, 0.4) is 0 Å². The second-order valence-corrected chi connectivity index (χ2v) is 1.70. The first-order chi connectivity index (χ1) is 4.16. The van der Waals surface area contributed by atoms with Crippen LogP contribution in [0.2, 0.25) is 0 Å². The van der Waals surface area contributed by atoms with E-state index < -0.39 is 6.03 Å². The van der Waals surface area contributed by atoms with Gasteiger partial charge in [-0.25, -0.2) is 9.79 Å². The predicted octanol–water partition coefficient (Wildman–Crippen LogP) is 0.127. The molecular weight excluding hydrogens is 120 g/mol. The van der Waals surface area contributed by atoms with Crippen LogP contribution in [0.25, 0.3) is 0 Å². The van der Waals surface area contributed by atoms with Crippen LogP contribution in [0, 0.1) is 0 Å². The molecule has 9 heavy (non-hydrogen) atoms. The van der Waals surface area contributed by atoms with Crippen molar-refractivity contribution in [1.29, 1.82) is 0 Å². The highest BCUT2D eigenvalue weighted by atomic mass is 16.3. The van der Waals surface area contributed by atoms with E-state index in [9.17, 15) is 4.79 Å². The Labute approximate surface area is 53.6 Å². The van der Waals surface area contributed by atoms with Gasteiger partial charge >= 0.3 is 6.03 Å². The summed E-state index contributed by atoms with van der Waals surface area (Å²) in [5.74, 6) is 0. The zero-order valence-electron chi connectivity index (χ0n) is 5.51. The number of aliphatic hydroxyl groups is 1. The molecule has 0 atom stereocenters. The largest absolute Gasteiger partial charge is 0.376 e. The molecule has 4 heteroatoms. The monoisotopic (exact) mass is 130 g/mol. The minimum absolute atomic E-state index is 0.365. The molecule has 0 fully saturated rings. The summed E-state index contributed by atoms with van der Waals surface area (Å²) in [4.78, 5) is 13.9. The molecule has 0 rings (SSSR count). The lowest BCUT2D eigenvalue weighted by Gasteiger charge is -1.93. The number of nitrogens with one attached hydrogen (secondary N) is 1. The van der Waals surface area contributed by atoms with E-state index in [1.165, 1.54) is 0 Å². The highest BCUT2D eigenvalue weighted by molar-refractivity contribution is 5.92. The highest BCUT2D eigenvalue weighted by Gasteiger charge is 1.91. The number of carbonyl (C=O) groups excluding carboxylic acids is 1. The number of carbonyl (C=O) groups is 1. The summed E-state index contributed by atoms with van der Waals surface area (Å²) in [5.41, 5.74) is 0.668. The summed E-state index contributed by atoms with van der Waals surface area (Å²) < 4.78 is 0. The average Bonchev–Trinajstić information content (AvgIpc) is 1.63. The third-order valence-electron chi connectivity index (χ3n) is 0.555. The lowest BCUT2D eigenvalue weighted by Crippen LogP contribution is -2.20. The third kappa shape index (κ3) is 4.96. The first-order valence-electron chi connectivity index (χ1n) is 2.57. The first kappa shape index (κ1) is 8.10. The Bertz CT molecular complexity index is 127. The molecule has 52 valence electrons. The van der Waals surface area contributed by atoms with Crippen molar-refractivity contribution in [3.05, 3.63) is 0 Å². The van der Waals surface area contributed by atoms with E-state index in [0.29, 0.717) is 5.71 Å². The van der Waals surface area contributed by atoms with Crippen LogP contribution in [0.4, 0.5) is 4.79 Å². The standard InChI is InChI=1S/C5H10N2O2/c1-4(2)7-5(9)6-3-8/h8H,3H2,1-2H3,(H,6,9). The second-order valence-electron chi connectivity index (χ2n) is 1.70. The molecule has 0 aromatic heterocycles. The molecule has 4 nitrogen and oxygen atoms in total. The van der Waals surface area contributed by atoms with Crippen molar-refractivity contribution in [2.24, 2.45) is 4.99 Å². The number of nitrogens with zero attached hydrogens (tertiary/aromatic N) is 1. The van der Waals surface area contributed by atoms with Crippen LogP contribution in [0.1, 0.15) is 13.8 Å². The fraction of sp³-hybridized carbons (Fsp3) is 0.600. The Kier molecular flexibility index (Phi) is 3.62. The molecule has 0 spiro atoms. The third-order valence-corrected chi connectivity index (χ3v) is 0.555. The molecule has 0 heterocycles. The van der Waals surface area contributed by atoms with E-state index in [2.05, 4.69) is 10.3 Å². The number of amides is 2. The van der Waals surface area contributed by atoms with E-state index in [1.54, 1.807) is 13.8 Å². The van der Waals surface area contributed by atoms with E-state index in [4.69, 9.17) is 5.11 Å². The van der Waals surface area contributed by atoms with E-state index in [0.717, 1.165) is 0 Å². The van der Waals surface area contributed by atoms with Gasteiger partial charge in [0.25, 0.3) is 0 Å². The maximum absolute atomic E-state index is 10.4. The number of hydrogen-bond acceptors (Lipinski definition) is 2. The van der Waals surface area contributed by atoms with E-state index in [-0.39, 0.29) is 6.73 Å². The lowest BCUT2D eigenvalue weighted by molar-refractivity contribution is 0.225. The minimum atomic E-state index is -0.502. The molecular formula is C5H10N2O2. The van der Waals surface area contributed by atoms with Crippen LogP contribution < -0.4 is 5.32 Å². The summed E-state index contributed by atoms with van der Waals surface area (Å²) in [5, 5.41) is 10.3. The van der Waals surface area contributed by atoms with Gasteiger partial charge in [-0.15, -0.1) is 0 Å². The van der Waals surface area contributed by atoms with Gasteiger partial charge in [0, 0.05) is 5.71 Å². The van der Waals surface area contributed by atoms with Crippen molar-refractivity contribution in [2.75, 3.05) is 6.73 Å². The molecule has 2 N–H and O–H groups in total. The van der Waals surface area contributed by atoms with Crippen molar-refractivity contribution in [2.45, 2.75) is 13.8 Å². The zero-order chi connectivity index (χ0) is 7.28. The summed E-state index contributed by atoms with van der Waals surface area (Å²) in [6, 6.07) is -0.502. The summed E-state index contributed by atoms with van der Waals surface area (Å²) >= 11 is 0. The molecule has 0 aromatic carbocycles. The average molecular weight is 130 g/mol. The summed E-state index contributed by atoms with van der Waals surface area (Å²) in [6.45, 7) is 3.05. The number of hydrogen-bond donors (Lipinski definition) is 2. The quantitative estimate of drug-likeness (QED) is 0.391. The molecule has 0 saturated heterocycles. The smallest absolute Gasteiger partial charge is 0.342 e. The zero-order valence-corrected chi connectivity index (χ0v) is 5.51. The fourth-order valence-corrected chi connectivity index (χ4v) is 0.310. The van der Waals surface area contributed by atoms with E-state index >= 15 is 0 Å². The van der Waals surface area contributed by atoms with E-state index in [1.807, 2.05) is 0 Å². The van der Waals surface area contributed by atoms with Gasteiger partial charge in [-0.05, 0) is 13.8 Å². The van der Waals surface area contributed by atoms with Crippen molar-refractivity contribution in [1.82, 2.24) is 5.32 Å². The van der Waals surface area contributed by atoms with Gasteiger partial charge in [0.05, 0.1) is 0 Å². The molecule has 0 aliphatic carbocycles. The Balaban J connectivity index is 3.63. The van der Waals surface area contributed by atoms with Crippen LogP contribution in [-0.2, 0) is 0 Å². The molecule has 0 aliphatic heterocycles. The number of aliphatic imine (C=N–C) groups is 1. The molecule has 0 aliphatic rings. The van der Waals surface area contributed by atoms with Crippen LogP contribution in [-0.4, -0.2) is 23.6 Å². The maximum Gasteiger partial charge on any atom is 0.342 e. The van der Waals surface area contributed by atoms with Crippen molar-refractivity contribution in [3.8, 4) is 0 Å². The number of urea groups is 1. The summed E-state index contributed by atoms with van der Waals surface area (Å²) in [6.07, 6.45) is 0. The Morgan fingerprint density at radius 2 is 2.22 bits per heavy atom. The molecule has 0 saturated carbocycles. The topological polar surface area (TPSA) is 61.7 Å². The molecule has 0 bridgehead atoms. The Morgan fingerprint density at radius 3 is 2.56 bits per heavy atom. The van der Waals surface area contributed by atoms with Crippen molar-refractivity contribution < 1.29 is 9.90 Å². The fourth-order valence-electron chi connectivity index (χ4n) is 0.310. The maximum atomic E-state index is 10.4. The van der Waals surface area contributed by atoms with Gasteiger partial charge in [-0.2, -0.15) is 0 Å². The van der Waals surface area contributed by atoms with Gasteiger partial charge in [0.15, 0.2) is 0 Å². The lowest BCUT2D eigenvalue weighted by atomic mass is 10.5. The first-order valence-corrected chi connectivity index (χ1v) is 2.57. The SMILES string of the molecule is CC(C)=NC(=O)NCO. The normalized spacial score (nSPS) is 8.33. The highest BCUT2D eigenvalue weighted by Crippen LogP contribution is 1.76. The van der Waals surface area contributed by atoms with Gasteiger partial charge < -0.3 is 10.4 Å². The molecule has 0 radical (unpaired) electrons. The summed E-state index contributed by atoms with van der Waals surface area (Å²) in [7, 11) is 0. The van der Waals surface area contributed by atoms with Gasteiger partial charge in [0.1, 0.15) is 6.73 Å². The number of aliphatic hydroxyl groups excluding tert-OH is 1. The van der Waals surface area contributed by atoms with Crippen LogP contribution in [0.15, 0.2) is 4.99 Å². The Morgan fingerprint density at radius 1 is 1.67 bits per heavy atom. The Hall–Kier alpha value is -0.900. The number of rotatable bonds is 1. The second kappa shape index (κ2) is 4.03. The van der Waals surface area contributed by atoms with Gasteiger partial charge in [-0.1, -0.05) is 0 Å². The van der Waals surface area contributed by atoms with Crippen molar-refractivity contribution in [3.63, 3.8) is 0 Å². The molecule has 0 unspecified atom stereocenters. The molecule has 2 amide bonds. The minimum Gasteiger partial charge on any atom is -0.376 e. The predicted molar refractivity (Wildman–Crippen MR) is 34.4 cm³/mol.